The lowest BCUT2D eigenvalue weighted by Gasteiger charge is -1.98. The van der Waals surface area contributed by atoms with E-state index in [9.17, 15) is 4.79 Å². The molecule has 0 aliphatic carbocycles. The summed E-state index contributed by atoms with van der Waals surface area (Å²) in [6.07, 6.45) is 1.43. The van der Waals surface area contributed by atoms with E-state index in [4.69, 9.17) is 0 Å². The van der Waals surface area contributed by atoms with Gasteiger partial charge in [0.1, 0.15) is 6.29 Å². The largest absolute Gasteiger partial charge is 0.298 e. The molecule has 0 N–H and O–H groups in total. The van der Waals surface area contributed by atoms with Gasteiger partial charge in [0, 0.05) is 10.9 Å². The summed E-state index contributed by atoms with van der Waals surface area (Å²) in [5.41, 5.74) is 1.72. The third-order valence-corrected chi connectivity index (χ3v) is 2.04. The number of hydrogen-bond acceptors (Lipinski definition) is 1. The Morgan fingerprint density at radius 1 is 1.42 bits per heavy atom. The van der Waals surface area contributed by atoms with Gasteiger partial charge in [-0.3, -0.25) is 4.79 Å². The minimum atomic E-state index is 0.609. The first-order valence-corrected chi connectivity index (χ1v) is 4.39. The highest BCUT2D eigenvalue weighted by Crippen LogP contribution is 2.12. The van der Waals surface area contributed by atoms with Crippen LogP contribution in [0.3, 0.4) is 0 Å². The summed E-state index contributed by atoms with van der Waals surface area (Å²) in [5, 5.41) is 0. The van der Waals surface area contributed by atoms with Crippen LogP contribution in [-0.2, 0) is 11.2 Å². The second-order valence-corrected chi connectivity index (χ2v) is 3.50. The maximum Gasteiger partial charge on any atom is 0.145 e. The van der Waals surface area contributed by atoms with Gasteiger partial charge < -0.3 is 0 Å². The van der Waals surface area contributed by atoms with E-state index in [1.54, 1.807) is 0 Å². The Balaban J connectivity index is 2.71. The number of hydrogen-bond donors (Lipinski definition) is 0. The fourth-order valence-electron chi connectivity index (χ4n) is 0.906. The second kappa shape index (κ2) is 4.21. The number of rotatable bonds is 3. The van der Waals surface area contributed by atoms with Gasteiger partial charge in [-0.2, -0.15) is 0 Å². The average molecular weight is 225 g/mol. The molecule has 1 aromatic rings. The van der Waals surface area contributed by atoms with E-state index < -0.39 is 0 Å². The van der Waals surface area contributed by atoms with E-state index in [0.717, 1.165) is 16.3 Å². The lowest BCUT2D eigenvalue weighted by molar-refractivity contribution is -0.104. The predicted octanol–water partition coefficient (Wildman–Crippen LogP) is 2.75. The third-order valence-electron chi connectivity index (χ3n) is 1.51. The summed E-state index contributed by atoms with van der Waals surface area (Å²) in [7, 11) is 0. The smallest absolute Gasteiger partial charge is 0.145 e. The highest BCUT2D eigenvalue weighted by molar-refractivity contribution is 9.10. The minimum absolute atomic E-state index is 0.609. The van der Waals surface area contributed by atoms with Crippen LogP contribution in [0.1, 0.15) is 5.56 Å². The van der Waals surface area contributed by atoms with E-state index >= 15 is 0 Å². The molecule has 2 heteroatoms. The fraction of sp³-hybridized carbons (Fsp3) is 0.100. The summed E-state index contributed by atoms with van der Waals surface area (Å²) in [4.78, 5) is 10.3. The van der Waals surface area contributed by atoms with Gasteiger partial charge >= 0.3 is 0 Å². The van der Waals surface area contributed by atoms with Gasteiger partial charge in [-0.1, -0.05) is 34.6 Å². The molecule has 0 saturated heterocycles. The summed E-state index contributed by atoms with van der Waals surface area (Å²) in [5.74, 6) is 0. The summed E-state index contributed by atoms with van der Waals surface area (Å²) >= 11 is 3.34. The van der Waals surface area contributed by atoms with E-state index in [0.29, 0.717) is 12.0 Å². The molecule has 0 radical (unpaired) electrons. The molecule has 12 heavy (non-hydrogen) atoms. The summed E-state index contributed by atoms with van der Waals surface area (Å²) in [6.45, 7) is 3.61. The number of halogens is 1. The first-order chi connectivity index (χ1) is 5.72. The Kier molecular flexibility index (Phi) is 3.23. The minimum Gasteiger partial charge on any atom is -0.298 e. The average Bonchev–Trinajstić information content (AvgIpc) is 2.09. The standard InChI is InChI=1S/C10H9BrO/c1-8(7-12)6-9-2-4-10(11)5-3-9/h2-5,7H,1,6H2. The molecule has 0 fully saturated rings. The zero-order valence-electron chi connectivity index (χ0n) is 6.59. The molecule has 0 spiro atoms. The molecule has 0 atom stereocenters. The van der Waals surface area contributed by atoms with Crippen LogP contribution in [0.25, 0.3) is 0 Å². The number of benzene rings is 1. The zero-order chi connectivity index (χ0) is 8.97. The molecule has 1 aromatic carbocycles. The molecule has 0 aliphatic rings. The number of carbonyl (C=O) groups is 1. The van der Waals surface area contributed by atoms with Crippen molar-refractivity contribution >= 4 is 22.2 Å². The molecule has 0 heterocycles. The molecular formula is C10H9BrO. The van der Waals surface area contributed by atoms with Crippen LogP contribution in [-0.4, -0.2) is 6.29 Å². The molecule has 0 aliphatic heterocycles. The van der Waals surface area contributed by atoms with Crippen molar-refractivity contribution in [1.29, 1.82) is 0 Å². The van der Waals surface area contributed by atoms with Gasteiger partial charge in [0.25, 0.3) is 0 Å². The quantitative estimate of drug-likeness (QED) is 0.571. The maximum absolute atomic E-state index is 10.3. The van der Waals surface area contributed by atoms with Gasteiger partial charge in [0.15, 0.2) is 0 Å². The Bertz CT molecular complexity index is 287. The Morgan fingerprint density at radius 2 is 2.00 bits per heavy atom. The van der Waals surface area contributed by atoms with Gasteiger partial charge in [-0.25, -0.2) is 0 Å². The van der Waals surface area contributed by atoms with Crippen molar-refractivity contribution in [2.24, 2.45) is 0 Å². The molecule has 0 bridgehead atoms. The van der Waals surface area contributed by atoms with Crippen LogP contribution in [0.15, 0.2) is 40.9 Å². The van der Waals surface area contributed by atoms with Crippen LogP contribution in [0, 0.1) is 0 Å². The third kappa shape index (κ3) is 2.62. The normalized spacial score (nSPS) is 9.42. The Morgan fingerprint density at radius 3 is 2.50 bits per heavy atom. The van der Waals surface area contributed by atoms with Crippen LogP contribution >= 0.6 is 15.9 Å². The van der Waals surface area contributed by atoms with E-state index in [1.807, 2.05) is 24.3 Å². The molecule has 1 rings (SSSR count). The SMILES string of the molecule is C=C(C=O)Cc1ccc(Br)cc1. The van der Waals surface area contributed by atoms with Gasteiger partial charge in [0.2, 0.25) is 0 Å². The van der Waals surface area contributed by atoms with E-state index in [2.05, 4.69) is 22.5 Å². The van der Waals surface area contributed by atoms with Crippen LogP contribution < -0.4 is 0 Å². The van der Waals surface area contributed by atoms with Crippen molar-refractivity contribution in [3.05, 3.63) is 46.5 Å². The van der Waals surface area contributed by atoms with Crippen molar-refractivity contribution in [1.82, 2.24) is 0 Å². The fourth-order valence-corrected chi connectivity index (χ4v) is 1.17. The maximum atomic E-state index is 10.3. The van der Waals surface area contributed by atoms with Crippen molar-refractivity contribution < 1.29 is 4.79 Å². The highest BCUT2D eigenvalue weighted by atomic mass is 79.9. The van der Waals surface area contributed by atoms with Crippen LogP contribution in [0.5, 0.6) is 0 Å². The van der Waals surface area contributed by atoms with E-state index in [1.165, 1.54) is 0 Å². The molecule has 0 saturated carbocycles. The van der Waals surface area contributed by atoms with Gasteiger partial charge in [-0.05, 0) is 23.3 Å². The van der Waals surface area contributed by atoms with E-state index in [-0.39, 0.29) is 0 Å². The lowest BCUT2D eigenvalue weighted by Crippen LogP contribution is -1.89. The van der Waals surface area contributed by atoms with Crippen molar-refractivity contribution in [3.8, 4) is 0 Å². The number of aldehydes is 1. The van der Waals surface area contributed by atoms with Crippen molar-refractivity contribution in [2.75, 3.05) is 0 Å². The van der Waals surface area contributed by atoms with Gasteiger partial charge in [-0.15, -0.1) is 0 Å². The van der Waals surface area contributed by atoms with Gasteiger partial charge in [0.05, 0.1) is 0 Å². The first-order valence-electron chi connectivity index (χ1n) is 3.60. The van der Waals surface area contributed by atoms with Crippen LogP contribution in [0.2, 0.25) is 0 Å². The predicted molar refractivity (Wildman–Crippen MR) is 53.1 cm³/mol. The molecule has 1 nitrogen and oxygen atoms in total. The number of carbonyl (C=O) groups excluding carboxylic acids is 1. The molecular weight excluding hydrogens is 216 g/mol. The van der Waals surface area contributed by atoms with Crippen molar-refractivity contribution in [2.45, 2.75) is 6.42 Å². The summed E-state index contributed by atoms with van der Waals surface area (Å²) < 4.78 is 1.04. The molecule has 0 unspecified atom stereocenters. The first kappa shape index (κ1) is 9.20. The summed E-state index contributed by atoms with van der Waals surface area (Å²) in [6, 6.07) is 7.85. The molecule has 0 amide bonds. The number of allylic oxidation sites excluding steroid dienone is 1. The Labute approximate surface area is 80.2 Å². The zero-order valence-corrected chi connectivity index (χ0v) is 8.17. The Hall–Kier alpha value is -0.890. The second-order valence-electron chi connectivity index (χ2n) is 2.58. The monoisotopic (exact) mass is 224 g/mol. The molecule has 62 valence electrons. The van der Waals surface area contributed by atoms with Crippen LogP contribution in [0.4, 0.5) is 0 Å². The lowest BCUT2D eigenvalue weighted by atomic mass is 10.1. The highest BCUT2D eigenvalue weighted by Gasteiger charge is 1.95. The topological polar surface area (TPSA) is 17.1 Å². The van der Waals surface area contributed by atoms with Crippen molar-refractivity contribution in [3.63, 3.8) is 0 Å². The molecule has 0 aromatic heterocycles.